The lowest BCUT2D eigenvalue weighted by Crippen LogP contribution is -2.36. The van der Waals surface area contributed by atoms with Gasteiger partial charge in [0, 0.05) is 23.4 Å². The molecule has 5 nitrogen and oxygen atoms in total. The smallest absolute Gasteiger partial charge is 0.233 e. The fraction of sp³-hybridized carbons (Fsp3) is 0.588. The number of amides is 1. The van der Waals surface area contributed by atoms with Crippen LogP contribution in [0.1, 0.15) is 37.4 Å². The average molecular weight is 366 g/mol. The fourth-order valence-corrected chi connectivity index (χ4v) is 4.77. The summed E-state index contributed by atoms with van der Waals surface area (Å²) in [6.07, 6.45) is 3.27. The normalized spacial score (nSPS) is 18.9. The molecule has 0 spiro atoms. The minimum atomic E-state index is -0.200. The lowest BCUT2D eigenvalue weighted by atomic mass is 10.2. The zero-order valence-electron chi connectivity index (χ0n) is 14.3. The molecule has 1 aliphatic rings. The Morgan fingerprint density at radius 3 is 3.08 bits per heavy atom. The molecule has 3 heterocycles. The molecule has 0 aliphatic carbocycles. The maximum absolute atomic E-state index is 12.4. The van der Waals surface area contributed by atoms with Crippen molar-refractivity contribution in [3.05, 3.63) is 16.8 Å². The van der Waals surface area contributed by atoms with Gasteiger partial charge in [-0.3, -0.25) is 4.79 Å². The zero-order chi connectivity index (χ0) is 17.1. The minimum Gasteiger partial charge on any atom is -0.376 e. The number of thiophene rings is 1. The van der Waals surface area contributed by atoms with E-state index in [0.717, 1.165) is 46.9 Å². The molecule has 24 heavy (non-hydrogen) atoms. The summed E-state index contributed by atoms with van der Waals surface area (Å²) < 4.78 is 5.55. The highest BCUT2D eigenvalue weighted by Gasteiger charge is 2.21. The molecule has 2 atom stereocenters. The standard InChI is InChI=1S/C17H23N3O2S2/c1-4-13-8-14-16(19-11(3)20-17(14)24-13)23-10(2)15(21)18-9-12-6-5-7-22-12/h8,10,12H,4-7,9H2,1-3H3,(H,18,21). The molecule has 1 aliphatic heterocycles. The number of thioether (sulfide) groups is 1. The first-order chi connectivity index (χ1) is 11.6. The summed E-state index contributed by atoms with van der Waals surface area (Å²) in [5.74, 6) is 0.785. The van der Waals surface area contributed by atoms with Crippen molar-refractivity contribution in [3.8, 4) is 0 Å². The monoisotopic (exact) mass is 365 g/mol. The second-order valence-electron chi connectivity index (χ2n) is 6.00. The molecule has 0 radical (unpaired) electrons. The van der Waals surface area contributed by atoms with Crippen LogP contribution in [0, 0.1) is 6.92 Å². The third-order valence-corrected chi connectivity index (χ3v) is 6.33. The maximum Gasteiger partial charge on any atom is 0.233 e. The number of ether oxygens (including phenoxy) is 1. The summed E-state index contributed by atoms with van der Waals surface area (Å²) in [6.45, 7) is 7.36. The van der Waals surface area contributed by atoms with Gasteiger partial charge in [0.05, 0.1) is 11.4 Å². The molecular weight excluding hydrogens is 342 g/mol. The van der Waals surface area contributed by atoms with E-state index in [1.165, 1.54) is 16.6 Å². The second kappa shape index (κ2) is 7.80. The average Bonchev–Trinajstić information content (AvgIpc) is 3.21. The van der Waals surface area contributed by atoms with Gasteiger partial charge in [0.15, 0.2) is 0 Å². The lowest BCUT2D eigenvalue weighted by molar-refractivity contribution is -0.120. The van der Waals surface area contributed by atoms with E-state index in [1.807, 2.05) is 13.8 Å². The van der Waals surface area contributed by atoms with Gasteiger partial charge in [-0.2, -0.15) is 0 Å². The van der Waals surface area contributed by atoms with E-state index in [9.17, 15) is 4.79 Å². The van der Waals surface area contributed by atoms with Crippen LogP contribution in [0.4, 0.5) is 0 Å². The number of rotatable bonds is 6. The molecule has 2 unspecified atom stereocenters. The van der Waals surface area contributed by atoms with Crippen molar-refractivity contribution < 1.29 is 9.53 Å². The molecular formula is C17H23N3O2S2. The third-order valence-electron chi connectivity index (χ3n) is 4.05. The Morgan fingerprint density at radius 2 is 2.38 bits per heavy atom. The number of aryl methyl sites for hydroxylation is 2. The summed E-state index contributed by atoms with van der Waals surface area (Å²) in [5, 5.41) is 4.76. The van der Waals surface area contributed by atoms with E-state index in [1.54, 1.807) is 11.3 Å². The summed E-state index contributed by atoms with van der Waals surface area (Å²) >= 11 is 3.21. The van der Waals surface area contributed by atoms with Crippen LogP contribution in [0.2, 0.25) is 0 Å². The molecule has 130 valence electrons. The number of carbonyl (C=O) groups is 1. The molecule has 1 fully saturated rings. The minimum absolute atomic E-state index is 0.0332. The molecule has 1 amide bonds. The number of nitrogens with zero attached hydrogens (tertiary/aromatic N) is 2. The van der Waals surface area contributed by atoms with Gasteiger partial charge in [0.1, 0.15) is 15.7 Å². The van der Waals surface area contributed by atoms with Crippen molar-refractivity contribution in [1.82, 2.24) is 15.3 Å². The van der Waals surface area contributed by atoms with Gasteiger partial charge in [0.25, 0.3) is 0 Å². The summed E-state index contributed by atoms with van der Waals surface area (Å²) in [4.78, 5) is 23.7. The lowest BCUT2D eigenvalue weighted by Gasteiger charge is -2.15. The summed E-state index contributed by atoms with van der Waals surface area (Å²) in [5.41, 5.74) is 0. The Balaban J connectivity index is 1.68. The van der Waals surface area contributed by atoms with Crippen LogP contribution in [-0.2, 0) is 16.0 Å². The van der Waals surface area contributed by atoms with Crippen LogP contribution in [0.5, 0.6) is 0 Å². The van der Waals surface area contributed by atoms with E-state index in [2.05, 4.69) is 28.3 Å². The van der Waals surface area contributed by atoms with E-state index in [-0.39, 0.29) is 17.3 Å². The van der Waals surface area contributed by atoms with Gasteiger partial charge >= 0.3 is 0 Å². The Kier molecular flexibility index (Phi) is 5.73. The number of fused-ring (bicyclic) bond motifs is 1. The number of hydrogen-bond acceptors (Lipinski definition) is 6. The largest absolute Gasteiger partial charge is 0.376 e. The topological polar surface area (TPSA) is 64.1 Å². The summed E-state index contributed by atoms with van der Waals surface area (Å²) in [7, 11) is 0. The Hall–Kier alpha value is -1.18. The highest BCUT2D eigenvalue weighted by molar-refractivity contribution is 8.00. The van der Waals surface area contributed by atoms with Crippen LogP contribution in [-0.4, -0.2) is 40.4 Å². The Labute approximate surface area is 150 Å². The van der Waals surface area contributed by atoms with E-state index in [0.29, 0.717) is 6.54 Å². The molecule has 7 heteroatoms. The molecule has 2 aromatic rings. The van der Waals surface area contributed by atoms with Gasteiger partial charge in [-0.25, -0.2) is 9.97 Å². The predicted octanol–water partition coefficient (Wildman–Crippen LogP) is 3.34. The maximum atomic E-state index is 12.4. The van der Waals surface area contributed by atoms with Crippen LogP contribution < -0.4 is 5.32 Å². The predicted molar refractivity (Wildman–Crippen MR) is 98.8 cm³/mol. The Morgan fingerprint density at radius 1 is 1.54 bits per heavy atom. The van der Waals surface area contributed by atoms with Crippen molar-refractivity contribution in [2.45, 2.75) is 56.4 Å². The van der Waals surface area contributed by atoms with Gasteiger partial charge in [0.2, 0.25) is 5.91 Å². The molecule has 3 rings (SSSR count). The van der Waals surface area contributed by atoms with Crippen molar-refractivity contribution in [1.29, 1.82) is 0 Å². The number of aromatic nitrogens is 2. The Bertz CT molecular complexity index is 726. The second-order valence-corrected chi connectivity index (χ2v) is 8.45. The molecule has 1 saturated heterocycles. The van der Waals surface area contributed by atoms with Crippen LogP contribution >= 0.6 is 23.1 Å². The molecule has 2 aromatic heterocycles. The molecule has 1 N–H and O–H groups in total. The van der Waals surface area contributed by atoms with Crippen molar-refractivity contribution in [2.24, 2.45) is 0 Å². The molecule has 0 saturated carbocycles. The van der Waals surface area contributed by atoms with Crippen molar-refractivity contribution in [2.75, 3.05) is 13.2 Å². The molecule has 0 aromatic carbocycles. The fourth-order valence-electron chi connectivity index (χ4n) is 2.70. The zero-order valence-corrected chi connectivity index (χ0v) is 15.9. The highest BCUT2D eigenvalue weighted by atomic mass is 32.2. The SMILES string of the molecule is CCc1cc2c(SC(C)C(=O)NCC3CCCO3)nc(C)nc2s1. The van der Waals surface area contributed by atoms with E-state index >= 15 is 0 Å². The summed E-state index contributed by atoms with van der Waals surface area (Å²) in [6, 6.07) is 2.15. The molecule has 0 bridgehead atoms. The van der Waals surface area contributed by atoms with Crippen molar-refractivity contribution in [3.63, 3.8) is 0 Å². The number of nitrogens with one attached hydrogen (secondary N) is 1. The van der Waals surface area contributed by atoms with Gasteiger partial charge in [-0.1, -0.05) is 18.7 Å². The number of hydrogen-bond donors (Lipinski definition) is 1. The van der Waals surface area contributed by atoms with Gasteiger partial charge < -0.3 is 10.1 Å². The first-order valence-corrected chi connectivity index (χ1v) is 10.1. The van der Waals surface area contributed by atoms with Crippen LogP contribution in [0.15, 0.2) is 11.1 Å². The van der Waals surface area contributed by atoms with Crippen LogP contribution in [0.25, 0.3) is 10.2 Å². The highest BCUT2D eigenvalue weighted by Crippen LogP contribution is 2.33. The van der Waals surface area contributed by atoms with Crippen molar-refractivity contribution >= 4 is 39.2 Å². The van der Waals surface area contributed by atoms with Gasteiger partial charge in [-0.15, -0.1) is 11.3 Å². The van der Waals surface area contributed by atoms with E-state index in [4.69, 9.17) is 4.74 Å². The number of carbonyl (C=O) groups excluding carboxylic acids is 1. The quantitative estimate of drug-likeness (QED) is 0.628. The first-order valence-electron chi connectivity index (χ1n) is 8.40. The first kappa shape index (κ1) is 17.6. The van der Waals surface area contributed by atoms with E-state index < -0.39 is 0 Å². The van der Waals surface area contributed by atoms with Crippen LogP contribution in [0.3, 0.4) is 0 Å². The van der Waals surface area contributed by atoms with Gasteiger partial charge in [-0.05, 0) is 39.2 Å². The third kappa shape index (κ3) is 4.07.